The zero-order valence-electron chi connectivity index (χ0n) is 16.0. The Morgan fingerprint density at radius 3 is 1.24 bits per heavy atom. The fraction of sp³-hybridized carbons (Fsp3) is 0.789. The summed E-state index contributed by atoms with van der Waals surface area (Å²) < 4.78 is 9.83. The number of hydrogen-bond acceptors (Lipinski definition) is 6. The Morgan fingerprint density at radius 1 is 0.640 bits per heavy atom. The van der Waals surface area contributed by atoms with Gasteiger partial charge >= 0.3 is 11.9 Å². The van der Waals surface area contributed by atoms with Crippen molar-refractivity contribution < 1.29 is 28.7 Å². The van der Waals surface area contributed by atoms with E-state index < -0.39 is 23.8 Å². The number of ketones is 2. The molecular weight excluding hydrogens is 324 g/mol. The molecule has 0 aromatic rings. The van der Waals surface area contributed by atoms with Crippen molar-refractivity contribution >= 4 is 23.5 Å². The number of carbonyl (C=O) groups is 4. The van der Waals surface area contributed by atoms with Crippen molar-refractivity contribution in [3.63, 3.8) is 0 Å². The predicted molar refractivity (Wildman–Crippen MR) is 93.9 cm³/mol. The van der Waals surface area contributed by atoms with E-state index >= 15 is 0 Å². The van der Waals surface area contributed by atoms with Crippen molar-refractivity contribution in [1.82, 2.24) is 0 Å². The third-order valence-electron chi connectivity index (χ3n) is 4.11. The second kappa shape index (κ2) is 13.6. The maximum atomic E-state index is 11.7. The standard InChI is InChI=1S/C19H32O6/c1-5-24-18(22)16(14(3)20)12-10-8-7-9-11-13-17(15(4)21)19(23)25-6-2/h16-17H,5-13H2,1-4H3. The molecule has 0 aliphatic carbocycles. The monoisotopic (exact) mass is 356 g/mol. The summed E-state index contributed by atoms with van der Waals surface area (Å²) in [5.41, 5.74) is 0. The van der Waals surface area contributed by atoms with Crippen molar-refractivity contribution in [1.29, 1.82) is 0 Å². The number of hydrogen-bond donors (Lipinski definition) is 0. The third-order valence-corrected chi connectivity index (χ3v) is 4.11. The first-order valence-corrected chi connectivity index (χ1v) is 9.19. The molecule has 2 unspecified atom stereocenters. The van der Waals surface area contributed by atoms with Crippen molar-refractivity contribution in [2.45, 2.75) is 72.6 Å². The molecule has 0 saturated carbocycles. The minimum absolute atomic E-state index is 0.155. The zero-order valence-corrected chi connectivity index (χ0v) is 16.0. The Hall–Kier alpha value is -1.72. The number of Topliss-reactive ketones (excluding diaryl/α,β-unsaturated/α-hetero) is 2. The van der Waals surface area contributed by atoms with Gasteiger partial charge in [0.2, 0.25) is 0 Å². The molecule has 0 heterocycles. The van der Waals surface area contributed by atoms with Gasteiger partial charge < -0.3 is 9.47 Å². The van der Waals surface area contributed by atoms with Crippen LogP contribution in [0.15, 0.2) is 0 Å². The number of rotatable bonds is 14. The van der Waals surface area contributed by atoms with Crippen LogP contribution in [0.1, 0.15) is 72.6 Å². The van der Waals surface area contributed by atoms with Gasteiger partial charge in [-0.25, -0.2) is 0 Å². The quantitative estimate of drug-likeness (QED) is 0.270. The van der Waals surface area contributed by atoms with E-state index in [1.54, 1.807) is 13.8 Å². The van der Waals surface area contributed by atoms with E-state index in [0.29, 0.717) is 12.8 Å². The lowest BCUT2D eigenvalue weighted by atomic mass is 9.95. The summed E-state index contributed by atoms with van der Waals surface area (Å²) in [5.74, 6) is -2.51. The van der Waals surface area contributed by atoms with Crippen molar-refractivity contribution in [2.75, 3.05) is 13.2 Å². The van der Waals surface area contributed by atoms with Crippen molar-refractivity contribution in [3.05, 3.63) is 0 Å². The highest BCUT2D eigenvalue weighted by Gasteiger charge is 2.25. The van der Waals surface area contributed by atoms with Gasteiger partial charge in [0.15, 0.2) is 0 Å². The van der Waals surface area contributed by atoms with E-state index in [9.17, 15) is 19.2 Å². The second-order valence-electron chi connectivity index (χ2n) is 6.18. The average molecular weight is 356 g/mol. The van der Waals surface area contributed by atoms with Crippen LogP contribution in [0.25, 0.3) is 0 Å². The van der Waals surface area contributed by atoms with Crippen molar-refractivity contribution in [2.24, 2.45) is 11.8 Å². The van der Waals surface area contributed by atoms with Gasteiger partial charge in [0.25, 0.3) is 0 Å². The van der Waals surface area contributed by atoms with Crippen LogP contribution in [-0.2, 0) is 28.7 Å². The van der Waals surface area contributed by atoms with Crippen LogP contribution < -0.4 is 0 Å². The lowest BCUT2D eigenvalue weighted by Crippen LogP contribution is -2.24. The highest BCUT2D eigenvalue weighted by Crippen LogP contribution is 2.17. The number of unbranched alkanes of at least 4 members (excludes halogenated alkanes) is 4. The van der Waals surface area contributed by atoms with E-state index in [4.69, 9.17) is 9.47 Å². The number of carbonyl (C=O) groups excluding carboxylic acids is 4. The summed E-state index contributed by atoms with van der Waals surface area (Å²) in [6.45, 7) is 6.83. The van der Waals surface area contributed by atoms with E-state index in [2.05, 4.69) is 0 Å². The maximum absolute atomic E-state index is 11.7. The minimum Gasteiger partial charge on any atom is -0.465 e. The highest BCUT2D eigenvalue weighted by atomic mass is 16.5. The lowest BCUT2D eigenvalue weighted by molar-refractivity contribution is -0.152. The molecule has 25 heavy (non-hydrogen) atoms. The Bertz CT molecular complexity index is 403. The summed E-state index contributed by atoms with van der Waals surface area (Å²) in [4.78, 5) is 46.4. The summed E-state index contributed by atoms with van der Waals surface area (Å²) in [5, 5.41) is 0. The maximum Gasteiger partial charge on any atom is 0.316 e. The van der Waals surface area contributed by atoms with Crippen LogP contribution in [0.5, 0.6) is 0 Å². The highest BCUT2D eigenvalue weighted by molar-refractivity contribution is 5.98. The molecule has 144 valence electrons. The van der Waals surface area contributed by atoms with Gasteiger partial charge in [0.1, 0.15) is 23.4 Å². The van der Waals surface area contributed by atoms with Crippen LogP contribution in [-0.4, -0.2) is 36.7 Å². The summed E-state index contributed by atoms with van der Waals surface area (Å²) in [7, 11) is 0. The first-order chi connectivity index (χ1) is 11.8. The molecule has 0 aromatic heterocycles. The summed E-state index contributed by atoms with van der Waals surface area (Å²) in [6, 6.07) is 0. The molecule has 0 saturated heterocycles. The normalized spacial score (nSPS) is 13.0. The van der Waals surface area contributed by atoms with Gasteiger partial charge in [0, 0.05) is 0 Å². The molecule has 0 rings (SSSR count). The van der Waals surface area contributed by atoms with Crippen LogP contribution in [0.2, 0.25) is 0 Å². The van der Waals surface area contributed by atoms with Gasteiger partial charge in [-0.15, -0.1) is 0 Å². The molecule has 0 amide bonds. The Morgan fingerprint density at radius 2 is 0.960 bits per heavy atom. The Kier molecular flexibility index (Phi) is 12.6. The minimum atomic E-state index is -0.661. The molecule has 6 nitrogen and oxygen atoms in total. The van der Waals surface area contributed by atoms with Gasteiger partial charge in [-0.3, -0.25) is 19.2 Å². The molecule has 0 aliphatic heterocycles. The topological polar surface area (TPSA) is 86.7 Å². The fourth-order valence-electron chi connectivity index (χ4n) is 2.69. The van der Waals surface area contributed by atoms with Gasteiger partial charge in [-0.1, -0.05) is 32.1 Å². The molecule has 0 bridgehead atoms. The molecule has 6 heteroatoms. The Balaban J connectivity index is 4.01. The van der Waals surface area contributed by atoms with E-state index in [1.165, 1.54) is 13.8 Å². The SMILES string of the molecule is CCOC(=O)C(CCCCCCCC(C(C)=O)C(=O)OCC)C(C)=O. The van der Waals surface area contributed by atoms with Gasteiger partial charge in [0.05, 0.1) is 13.2 Å². The van der Waals surface area contributed by atoms with Crippen molar-refractivity contribution in [3.8, 4) is 0 Å². The second-order valence-corrected chi connectivity index (χ2v) is 6.18. The van der Waals surface area contributed by atoms with E-state index in [0.717, 1.165) is 32.1 Å². The lowest BCUT2D eigenvalue weighted by Gasteiger charge is -2.13. The van der Waals surface area contributed by atoms with Crippen LogP contribution in [0, 0.1) is 11.8 Å². The van der Waals surface area contributed by atoms with Crippen LogP contribution in [0.3, 0.4) is 0 Å². The number of ether oxygens (including phenoxy) is 2. The molecule has 2 atom stereocenters. The van der Waals surface area contributed by atoms with Crippen LogP contribution in [0.4, 0.5) is 0 Å². The molecule has 0 N–H and O–H groups in total. The molecule has 0 fully saturated rings. The average Bonchev–Trinajstić information content (AvgIpc) is 2.52. The van der Waals surface area contributed by atoms with Gasteiger partial charge in [-0.05, 0) is 40.5 Å². The molecule has 0 spiro atoms. The first kappa shape index (κ1) is 23.3. The first-order valence-electron chi connectivity index (χ1n) is 9.19. The predicted octanol–water partition coefficient (Wildman–Crippen LogP) is 3.25. The van der Waals surface area contributed by atoms with Gasteiger partial charge in [-0.2, -0.15) is 0 Å². The zero-order chi connectivity index (χ0) is 19.2. The smallest absolute Gasteiger partial charge is 0.316 e. The fourth-order valence-corrected chi connectivity index (χ4v) is 2.69. The number of esters is 2. The molecule has 0 aliphatic rings. The third kappa shape index (κ3) is 9.99. The van der Waals surface area contributed by atoms with E-state index in [-0.39, 0.29) is 24.8 Å². The molecular formula is C19H32O6. The Labute approximate surface area is 150 Å². The summed E-state index contributed by atoms with van der Waals surface area (Å²) in [6.07, 6.45) is 5.29. The molecule has 0 aromatic carbocycles. The summed E-state index contributed by atoms with van der Waals surface area (Å²) >= 11 is 0. The largest absolute Gasteiger partial charge is 0.465 e. The van der Waals surface area contributed by atoms with Crippen LogP contribution >= 0.6 is 0 Å². The van der Waals surface area contributed by atoms with E-state index in [1.807, 2.05) is 0 Å². The molecule has 0 radical (unpaired) electrons.